The van der Waals surface area contributed by atoms with Gasteiger partial charge in [-0.3, -0.25) is 0 Å². The van der Waals surface area contributed by atoms with Crippen LogP contribution in [0, 0.1) is 27.9 Å². The highest BCUT2D eigenvalue weighted by Crippen LogP contribution is 2.33. The van der Waals surface area contributed by atoms with Crippen LogP contribution in [0.25, 0.3) is 11.1 Å². The minimum atomic E-state index is 0.818. The highest BCUT2D eigenvalue weighted by molar-refractivity contribution is 5.74. The molecule has 0 amide bonds. The summed E-state index contributed by atoms with van der Waals surface area (Å²) in [5.41, 5.74) is 6.19. The SMILES string of the molecule is [CH2]Oc1ccccc1-c1cc(C)c(C)cc1C. The summed E-state index contributed by atoms with van der Waals surface area (Å²) >= 11 is 0. The van der Waals surface area contributed by atoms with Crippen molar-refractivity contribution < 1.29 is 4.74 Å². The lowest BCUT2D eigenvalue weighted by atomic mass is 9.95. The molecule has 0 aliphatic rings. The fraction of sp³-hybridized carbons (Fsp3) is 0.188. The first kappa shape index (κ1) is 11.7. The van der Waals surface area contributed by atoms with Gasteiger partial charge in [-0.15, -0.1) is 0 Å². The van der Waals surface area contributed by atoms with E-state index in [2.05, 4.69) is 46.1 Å². The smallest absolute Gasteiger partial charge is 0.127 e. The summed E-state index contributed by atoms with van der Waals surface area (Å²) < 4.78 is 5.17. The lowest BCUT2D eigenvalue weighted by Crippen LogP contribution is -1.91. The Kier molecular flexibility index (Phi) is 3.19. The summed E-state index contributed by atoms with van der Waals surface area (Å²) in [6.07, 6.45) is 0. The number of hydrogen-bond acceptors (Lipinski definition) is 1. The van der Waals surface area contributed by atoms with Gasteiger partial charge in [0.15, 0.2) is 0 Å². The molecule has 1 nitrogen and oxygen atoms in total. The van der Waals surface area contributed by atoms with E-state index in [1.165, 1.54) is 22.3 Å². The van der Waals surface area contributed by atoms with Crippen LogP contribution in [-0.4, -0.2) is 0 Å². The molecule has 2 rings (SSSR count). The van der Waals surface area contributed by atoms with Crippen molar-refractivity contribution in [3.63, 3.8) is 0 Å². The molecule has 0 saturated heterocycles. The second kappa shape index (κ2) is 4.62. The molecule has 1 radical (unpaired) electrons. The first-order valence-corrected chi connectivity index (χ1v) is 5.72. The van der Waals surface area contributed by atoms with Gasteiger partial charge in [-0.05, 0) is 49.1 Å². The van der Waals surface area contributed by atoms with E-state index >= 15 is 0 Å². The molecular formula is C16H17O. The summed E-state index contributed by atoms with van der Waals surface area (Å²) in [6.45, 7) is 6.39. The van der Waals surface area contributed by atoms with E-state index in [1.54, 1.807) is 0 Å². The fourth-order valence-corrected chi connectivity index (χ4v) is 2.07. The van der Waals surface area contributed by atoms with Gasteiger partial charge >= 0.3 is 0 Å². The van der Waals surface area contributed by atoms with Crippen molar-refractivity contribution >= 4 is 0 Å². The van der Waals surface area contributed by atoms with Gasteiger partial charge in [0.1, 0.15) is 12.9 Å². The Labute approximate surface area is 103 Å². The minimum Gasteiger partial charge on any atom is -0.489 e. The Hall–Kier alpha value is -1.76. The van der Waals surface area contributed by atoms with Crippen LogP contribution in [0.2, 0.25) is 0 Å². The second-order valence-corrected chi connectivity index (χ2v) is 4.39. The molecule has 0 aliphatic carbocycles. The Morgan fingerprint density at radius 1 is 0.824 bits per heavy atom. The van der Waals surface area contributed by atoms with Gasteiger partial charge in [-0.1, -0.05) is 30.3 Å². The molecule has 2 aromatic rings. The number of benzene rings is 2. The number of ether oxygens (including phenoxy) is 1. The average molecular weight is 225 g/mol. The second-order valence-electron chi connectivity index (χ2n) is 4.39. The molecule has 2 aromatic carbocycles. The number of para-hydroxylation sites is 1. The van der Waals surface area contributed by atoms with Crippen molar-refractivity contribution in [2.24, 2.45) is 0 Å². The largest absolute Gasteiger partial charge is 0.489 e. The van der Waals surface area contributed by atoms with Crippen molar-refractivity contribution in [1.29, 1.82) is 0 Å². The molecule has 87 valence electrons. The van der Waals surface area contributed by atoms with Crippen molar-refractivity contribution in [3.8, 4) is 16.9 Å². The molecule has 0 aromatic heterocycles. The topological polar surface area (TPSA) is 9.23 Å². The van der Waals surface area contributed by atoms with Crippen LogP contribution in [0.4, 0.5) is 0 Å². The lowest BCUT2D eigenvalue weighted by molar-refractivity contribution is 0.475. The molecule has 0 bridgehead atoms. The van der Waals surface area contributed by atoms with E-state index in [1.807, 2.05) is 18.2 Å². The van der Waals surface area contributed by atoms with Crippen LogP contribution < -0.4 is 4.74 Å². The highest BCUT2D eigenvalue weighted by Gasteiger charge is 2.08. The molecule has 0 spiro atoms. The summed E-state index contributed by atoms with van der Waals surface area (Å²) in [6, 6.07) is 12.4. The third-order valence-corrected chi connectivity index (χ3v) is 3.17. The maximum Gasteiger partial charge on any atom is 0.127 e. The summed E-state index contributed by atoms with van der Waals surface area (Å²) in [5.74, 6) is 0.818. The maximum atomic E-state index is 5.17. The van der Waals surface area contributed by atoms with Gasteiger partial charge in [0.25, 0.3) is 0 Å². The quantitative estimate of drug-likeness (QED) is 0.733. The van der Waals surface area contributed by atoms with Crippen molar-refractivity contribution in [1.82, 2.24) is 0 Å². The first-order valence-electron chi connectivity index (χ1n) is 5.72. The van der Waals surface area contributed by atoms with Gasteiger partial charge in [0.05, 0.1) is 0 Å². The summed E-state index contributed by atoms with van der Waals surface area (Å²) in [5, 5.41) is 0. The van der Waals surface area contributed by atoms with Crippen molar-refractivity contribution in [2.75, 3.05) is 0 Å². The van der Waals surface area contributed by atoms with Gasteiger partial charge in [0.2, 0.25) is 0 Å². The van der Waals surface area contributed by atoms with E-state index < -0.39 is 0 Å². The van der Waals surface area contributed by atoms with Crippen LogP contribution in [0.3, 0.4) is 0 Å². The zero-order chi connectivity index (χ0) is 12.4. The Morgan fingerprint density at radius 2 is 1.47 bits per heavy atom. The first-order chi connectivity index (χ1) is 8.13. The number of hydrogen-bond donors (Lipinski definition) is 0. The number of aryl methyl sites for hydroxylation is 3. The highest BCUT2D eigenvalue weighted by atomic mass is 16.5. The third-order valence-electron chi connectivity index (χ3n) is 3.17. The fourth-order valence-electron chi connectivity index (χ4n) is 2.07. The molecule has 0 N–H and O–H groups in total. The van der Waals surface area contributed by atoms with E-state index in [4.69, 9.17) is 4.74 Å². The Morgan fingerprint density at radius 3 is 2.18 bits per heavy atom. The zero-order valence-corrected chi connectivity index (χ0v) is 10.6. The normalized spacial score (nSPS) is 10.4. The van der Waals surface area contributed by atoms with E-state index in [0.717, 1.165) is 11.3 Å². The monoisotopic (exact) mass is 225 g/mol. The summed E-state index contributed by atoms with van der Waals surface area (Å²) in [7, 11) is 3.51. The predicted octanol–water partition coefficient (Wildman–Crippen LogP) is 4.45. The van der Waals surface area contributed by atoms with E-state index in [0.29, 0.717) is 0 Å². The van der Waals surface area contributed by atoms with Crippen LogP contribution in [-0.2, 0) is 0 Å². The average Bonchev–Trinajstić information content (AvgIpc) is 2.34. The molecule has 0 atom stereocenters. The van der Waals surface area contributed by atoms with E-state index in [-0.39, 0.29) is 0 Å². The Bertz CT molecular complexity index is 541. The molecule has 0 fully saturated rings. The minimum absolute atomic E-state index is 0.818. The molecular weight excluding hydrogens is 208 g/mol. The molecule has 0 saturated carbocycles. The van der Waals surface area contributed by atoms with Gasteiger partial charge in [-0.2, -0.15) is 0 Å². The lowest BCUT2D eigenvalue weighted by Gasteiger charge is -2.13. The molecule has 17 heavy (non-hydrogen) atoms. The molecule has 0 unspecified atom stereocenters. The third kappa shape index (κ3) is 2.19. The zero-order valence-electron chi connectivity index (χ0n) is 10.6. The van der Waals surface area contributed by atoms with Crippen LogP contribution in [0.1, 0.15) is 16.7 Å². The van der Waals surface area contributed by atoms with E-state index in [9.17, 15) is 0 Å². The van der Waals surface area contributed by atoms with Gasteiger partial charge < -0.3 is 4.74 Å². The maximum absolute atomic E-state index is 5.17. The van der Waals surface area contributed by atoms with Crippen LogP contribution >= 0.6 is 0 Å². The predicted molar refractivity (Wildman–Crippen MR) is 72.1 cm³/mol. The molecule has 1 heteroatoms. The van der Waals surface area contributed by atoms with Crippen LogP contribution in [0.15, 0.2) is 36.4 Å². The molecule has 0 aliphatic heterocycles. The van der Waals surface area contributed by atoms with Gasteiger partial charge in [0, 0.05) is 5.56 Å². The van der Waals surface area contributed by atoms with Gasteiger partial charge in [-0.25, -0.2) is 0 Å². The van der Waals surface area contributed by atoms with Crippen LogP contribution in [0.5, 0.6) is 5.75 Å². The Balaban J connectivity index is 2.64. The standard InChI is InChI=1S/C16H17O/c1-11-9-13(3)15(10-12(11)2)14-7-5-6-8-16(14)17-4/h5-10H,4H2,1-3H3. The number of rotatable bonds is 2. The molecule has 0 heterocycles. The van der Waals surface area contributed by atoms with Crippen molar-refractivity contribution in [3.05, 3.63) is 60.2 Å². The summed E-state index contributed by atoms with van der Waals surface area (Å²) in [4.78, 5) is 0. The van der Waals surface area contributed by atoms with Crippen molar-refractivity contribution in [2.45, 2.75) is 20.8 Å².